The van der Waals surface area contributed by atoms with Crippen molar-refractivity contribution in [2.24, 2.45) is 5.41 Å². The molecule has 0 bridgehead atoms. The fourth-order valence-electron chi connectivity index (χ4n) is 1.34. The molecule has 11 heavy (non-hydrogen) atoms. The second-order valence-electron chi connectivity index (χ2n) is 6.13. The van der Waals surface area contributed by atoms with Gasteiger partial charge in [0.25, 0.3) is 0 Å². The van der Waals surface area contributed by atoms with E-state index in [-0.39, 0.29) is 5.41 Å². The Balaban J connectivity index is 4.81. The Kier molecular flexibility index (Phi) is 2.47. The van der Waals surface area contributed by atoms with Crippen molar-refractivity contribution in [2.75, 3.05) is 20.0 Å². The van der Waals surface area contributed by atoms with E-state index < -0.39 is 6.15 Å². The predicted octanol–water partition coefficient (Wildman–Crippen LogP) is 1.28. The van der Waals surface area contributed by atoms with Crippen LogP contribution in [-0.4, -0.2) is 35.4 Å². The molecule has 1 nitrogen and oxygen atoms in total. The first-order valence-electron chi connectivity index (χ1n) is 3.97. The molecular weight excluding hydrogens is 171 g/mol. The molecular formula is C8H21OPSi. The van der Waals surface area contributed by atoms with Crippen LogP contribution in [0.2, 0.25) is 0 Å². The molecule has 0 unspecified atom stereocenters. The molecule has 0 N–H and O–H groups in total. The SMILES string of the molecule is CC(C)(C)C(=O)P(C)(C)(C)[SiH3]. The maximum atomic E-state index is 11.9. The molecule has 0 fully saturated rings. The topological polar surface area (TPSA) is 17.1 Å². The van der Waals surface area contributed by atoms with Crippen molar-refractivity contribution < 1.29 is 4.79 Å². The van der Waals surface area contributed by atoms with Crippen LogP contribution >= 0.6 is 6.15 Å². The first-order chi connectivity index (χ1) is 4.41. The molecule has 0 rings (SSSR count). The second-order valence-corrected chi connectivity index (χ2v) is 23.1. The van der Waals surface area contributed by atoms with Gasteiger partial charge in [-0.2, -0.15) is 0 Å². The van der Waals surface area contributed by atoms with Crippen LogP contribution in [0.3, 0.4) is 0 Å². The van der Waals surface area contributed by atoms with Crippen LogP contribution in [-0.2, 0) is 4.79 Å². The van der Waals surface area contributed by atoms with E-state index in [1.807, 2.05) is 20.8 Å². The average Bonchev–Trinajstić information content (AvgIpc) is 1.56. The Morgan fingerprint density at radius 2 is 1.45 bits per heavy atom. The minimum absolute atomic E-state index is 0.141. The Morgan fingerprint density at radius 3 is 1.45 bits per heavy atom. The zero-order chi connectivity index (χ0) is 9.52. The fraction of sp³-hybridized carbons (Fsp3) is 0.875. The number of hydrogen-bond donors (Lipinski definition) is 0. The van der Waals surface area contributed by atoms with Crippen molar-refractivity contribution in [3.8, 4) is 0 Å². The van der Waals surface area contributed by atoms with Crippen LogP contribution in [0.15, 0.2) is 0 Å². The van der Waals surface area contributed by atoms with Crippen molar-refractivity contribution in [2.45, 2.75) is 20.8 Å². The van der Waals surface area contributed by atoms with Crippen molar-refractivity contribution in [3.05, 3.63) is 0 Å². The zero-order valence-corrected chi connectivity index (χ0v) is 11.7. The predicted molar refractivity (Wildman–Crippen MR) is 59.1 cm³/mol. The van der Waals surface area contributed by atoms with E-state index in [4.69, 9.17) is 0 Å². The first kappa shape index (κ1) is 11.3. The molecule has 68 valence electrons. The quantitative estimate of drug-likeness (QED) is 0.452. The molecule has 3 heteroatoms. The van der Waals surface area contributed by atoms with Gasteiger partial charge in [0, 0.05) is 0 Å². The van der Waals surface area contributed by atoms with Gasteiger partial charge in [0.15, 0.2) is 0 Å². The molecule has 0 saturated heterocycles. The third-order valence-corrected chi connectivity index (χ3v) is 4.97. The van der Waals surface area contributed by atoms with E-state index >= 15 is 0 Å². The molecule has 0 radical (unpaired) electrons. The van der Waals surface area contributed by atoms with Crippen LogP contribution in [0, 0.1) is 5.41 Å². The van der Waals surface area contributed by atoms with Gasteiger partial charge in [-0.15, -0.1) is 0 Å². The molecule has 0 heterocycles. The van der Waals surface area contributed by atoms with E-state index in [2.05, 4.69) is 20.0 Å². The molecule has 0 aliphatic rings. The first-order valence-corrected chi connectivity index (χ1v) is 10.7. The van der Waals surface area contributed by atoms with Crippen LogP contribution in [0.1, 0.15) is 20.8 Å². The van der Waals surface area contributed by atoms with Crippen LogP contribution in [0.5, 0.6) is 0 Å². The summed E-state index contributed by atoms with van der Waals surface area (Å²) >= 11 is 0. The summed E-state index contributed by atoms with van der Waals surface area (Å²) in [5, 5.41) is 0. The minimum atomic E-state index is -1.86. The molecule has 0 aromatic rings. The van der Waals surface area contributed by atoms with Crippen molar-refractivity contribution in [3.63, 3.8) is 0 Å². The van der Waals surface area contributed by atoms with Crippen LogP contribution in [0.4, 0.5) is 0 Å². The fourth-order valence-corrected chi connectivity index (χ4v) is 6.04. The number of carbonyl (C=O) groups is 1. The van der Waals surface area contributed by atoms with E-state index in [0.29, 0.717) is 5.52 Å². The molecule has 0 aliphatic heterocycles. The standard InChI is InChI=1S/C8H21OPSi/c1-8(2,3)7(9)10(4,5,6)11/h1-6,11H3. The summed E-state index contributed by atoms with van der Waals surface area (Å²) in [7, 11) is 1.03. The Hall–Kier alpha value is 0.317. The van der Waals surface area contributed by atoms with Gasteiger partial charge < -0.3 is 0 Å². The zero-order valence-electron chi connectivity index (χ0n) is 8.86. The molecule has 0 aliphatic carbocycles. The van der Waals surface area contributed by atoms with Crippen LogP contribution < -0.4 is 0 Å². The van der Waals surface area contributed by atoms with Gasteiger partial charge in [-0.05, 0) is 0 Å². The van der Waals surface area contributed by atoms with Crippen molar-refractivity contribution in [1.82, 2.24) is 0 Å². The molecule has 0 amide bonds. The van der Waals surface area contributed by atoms with E-state index in [0.717, 1.165) is 9.91 Å². The monoisotopic (exact) mass is 192 g/mol. The summed E-state index contributed by atoms with van der Waals surface area (Å²) in [4.78, 5) is 11.9. The maximum absolute atomic E-state index is 11.9. The molecule has 0 spiro atoms. The van der Waals surface area contributed by atoms with Gasteiger partial charge in [-0.25, -0.2) is 0 Å². The summed E-state index contributed by atoms with van der Waals surface area (Å²) < 4.78 is 0. The van der Waals surface area contributed by atoms with Crippen LogP contribution in [0.25, 0.3) is 0 Å². The molecule has 0 aromatic heterocycles. The average molecular weight is 192 g/mol. The normalized spacial score (nSPS) is 17.5. The van der Waals surface area contributed by atoms with Gasteiger partial charge in [0.1, 0.15) is 0 Å². The second kappa shape index (κ2) is 2.40. The number of hydrogen-bond acceptors (Lipinski definition) is 1. The van der Waals surface area contributed by atoms with E-state index in [1.54, 1.807) is 0 Å². The number of rotatable bonds is 1. The van der Waals surface area contributed by atoms with Crippen molar-refractivity contribution >= 4 is 21.6 Å². The molecule has 0 atom stereocenters. The van der Waals surface area contributed by atoms with E-state index in [1.165, 1.54) is 0 Å². The third kappa shape index (κ3) is 3.48. The Bertz CT molecular complexity index is 173. The van der Waals surface area contributed by atoms with Crippen molar-refractivity contribution in [1.29, 1.82) is 0 Å². The summed E-state index contributed by atoms with van der Waals surface area (Å²) in [6.07, 6.45) is -1.86. The molecule has 0 aromatic carbocycles. The summed E-state index contributed by atoms with van der Waals surface area (Å²) in [6.45, 7) is 12.6. The van der Waals surface area contributed by atoms with Gasteiger partial charge in [0.05, 0.1) is 0 Å². The summed E-state index contributed by atoms with van der Waals surface area (Å²) in [5.74, 6) is 0. The van der Waals surface area contributed by atoms with E-state index in [9.17, 15) is 4.79 Å². The summed E-state index contributed by atoms with van der Waals surface area (Å²) in [5.41, 5.74) is 0.354. The Morgan fingerprint density at radius 1 is 1.18 bits per heavy atom. The molecule has 0 saturated carbocycles. The Labute approximate surface area is 73.1 Å². The van der Waals surface area contributed by atoms with Gasteiger partial charge in [0.2, 0.25) is 0 Å². The summed E-state index contributed by atoms with van der Waals surface area (Å²) in [6, 6.07) is 0. The van der Waals surface area contributed by atoms with Gasteiger partial charge >= 0.3 is 72.6 Å². The number of carbonyl (C=O) groups excluding carboxylic acids is 1. The van der Waals surface area contributed by atoms with Gasteiger partial charge in [-0.3, -0.25) is 0 Å². The van der Waals surface area contributed by atoms with Gasteiger partial charge in [-0.1, -0.05) is 0 Å². The third-order valence-electron chi connectivity index (χ3n) is 1.45.